The topological polar surface area (TPSA) is 62.1 Å². The molecule has 0 aromatic heterocycles. The van der Waals surface area contributed by atoms with E-state index in [1.165, 1.54) is 0 Å². The van der Waals surface area contributed by atoms with Crippen molar-refractivity contribution in [3.8, 4) is 6.07 Å². The lowest BCUT2D eigenvalue weighted by molar-refractivity contribution is -0.150. The van der Waals surface area contributed by atoms with Crippen molar-refractivity contribution in [2.24, 2.45) is 11.8 Å². The van der Waals surface area contributed by atoms with E-state index in [-0.39, 0.29) is 11.9 Å². The number of ether oxygens (including phenoxy) is 1. The van der Waals surface area contributed by atoms with Gasteiger partial charge < -0.3 is 10.1 Å². The Labute approximate surface area is 175 Å². The van der Waals surface area contributed by atoms with Gasteiger partial charge in [-0.05, 0) is 51.5 Å². The molecule has 2 rings (SSSR count). The van der Waals surface area contributed by atoms with Crippen LogP contribution in [0.25, 0.3) is 0 Å². The van der Waals surface area contributed by atoms with E-state index in [2.05, 4.69) is 39.1 Å². The summed E-state index contributed by atoms with van der Waals surface area (Å²) < 4.78 is 5.77. The first-order chi connectivity index (χ1) is 13.4. The van der Waals surface area contributed by atoms with Gasteiger partial charge in [-0.15, -0.1) is 0 Å². The lowest BCUT2D eigenvalue weighted by Gasteiger charge is -2.34. The van der Waals surface area contributed by atoms with E-state index in [0.717, 1.165) is 28.9 Å². The van der Waals surface area contributed by atoms with E-state index in [1.807, 2.05) is 52.0 Å². The molecule has 1 aromatic rings. The second-order valence-electron chi connectivity index (χ2n) is 9.55. The molecular weight excluding hydrogens is 360 g/mol. The minimum absolute atomic E-state index is 0.0906. The number of nitrogens with one attached hydrogen (secondary N) is 1. The first kappa shape index (κ1) is 22.7. The molecule has 0 aliphatic carbocycles. The van der Waals surface area contributed by atoms with Crippen molar-refractivity contribution in [3.63, 3.8) is 0 Å². The molecule has 29 heavy (non-hydrogen) atoms. The molecule has 1 unspecified atom stereocenters. The monoisotopic (exact) mass is 394 g/mol. The smallest absolute Gasteiger partial charge is 0.337 e. The zero-order valence-corrected chi connectivity index (χ0v) is 19.0. The Hall–Kier alpha value is -2.54. The zero-order valence-electron chi connectivity index (χ0n) is 19.0. The number of hydrogen-bond donors (Lipinski definition) is 1. The molecule has 1 heterocycles. The van der Waals surface area contributed by atoms with Crippen LogP contribution in [0.2, 0.25) is 0 Å². The molecule has 0 amide bonds. The Morgan fingerprint density at radius 3 is 2.21 bits per heavy atom. The molecule has 1 aliphatic heterocycles. The number of carbonyl (C=O) groups is 1. The number of allylic oxidation sites excluding steroid dienone is 3. The highest BCUT2D eigenvalue weighted by Gasteiger charge is 2.38. The van der Waals surface area contributed by atoms with Crippen molar-refractivity contribution in [3.05, 3.63) is 57.9 Å². The minimum Gasteiger partial charge on any atom is -0.457 e. The molecule has 0 spiro atoms. The maximum atomic E-state index is 13.3. The maximum absolute atomic E-state index is 13.3. The Bertz CT molecular complexity index is 860. The number of rotatable bonds is 5. The third-order valence-electron chi connectivity index (χ3n) is 4.82. The quantitative estimate of drug-likeness (QED) is 0.645. The summed E-state index contributed by atoms with van der Waals surface area (Å²) in [6.45, 7) is 16.0. The van der Waals surface area contributed by atoms with Gasteiger partial charge in [-0.3, -0.25) is 0 Å². The van der Waals surface area contributed by atoms with E-state index in [1.54, 1.807) is 0 Å². The minimum atomic E-state index is -0.612. The van der Waals surface area contributed by atoms with Crippen LogP contribution in [0, 0.1) is 30.1 Å². The molecule has 1 N–H and O–H groups in total. The largest absolute Gasteiger partial charge is 0.457 e. The summed E-state index contributed by atoms with van der Waals surface area (Å²) in [6.07, 6.45) is 0.753. The fraction of sp³-hybridized carbons (Fsp3) is 0.520. The fourth-order valence-corrected chi connectivity index (χ4v) is 3.58. The highest BCUT2D eigenvalue weighted by Crippen LogP contribution is 2.41. The number of esters is 1. The molecule has 0 radical (unpaired) electrons. The molecule has 0 saturated carbocycles. The summed E-state index contributed by atoms with van der Waals surface area (Å²) in [4.78, 5) is 13.3. The molecule has 1 aromatic carbocycles. The number of carbonyl (C=O) groups excluding carboxylic acids is 1. The summed E-state index contributed by atoms with van der Waals surface area (Å²) in [5.41, 5.74) is 4.37. The molecule has 1 aliphatic rings. The van der Waals surface area contributed by atoms with Crippen molar-refractivity contribution in [1.82, 2.24) is 5.32 Å². The fourth-order valence-electron chi connectivity index (χ4n) is 3.58. The van der Waals surface area contributed by atoms with Crippen LogP contribution < -0.4 is 5.32 Å². The summed E-state index contributed by atoms with van der Waals surface area (Å²) in [7, 11) is 0. The zero-order chi connectivity index (χ0) is 21.9. The summed E-state index contributed by atoms with van der Waals surface area (Å²) in [5.74, 6) is -0.317. The summed E-state index contributed by atoms with van der Waals surface area (Å²) in [5, 5.41) is 13.5. The van der Waals surface area contributed by atoms with Gasteiger partial charge in [0.05, 0.1) is 23.1 Å². The summed E-state index contributed by atoms with van der Waals surface area (Å²) >= 11 is 0. The second-order valence-corrected chi connectivity index (χ2v) is 9.55. The van der Waals surface area contributed by atoms with Crippen molar-refractivity contribution >= 4 is 5.97 Å². The van der Waals surface area contributed by atoms with Crippen molar-refractivity contribution in [2.75, 3.05) is 0 Å². The van der Waals surface area contributed by atoms with Gasteiger partial charge in [0.25, 0.3) is 0 Å². The van der Waals surface area contributed by atoms with Gasteiger partial charge in [-0.25, -0.2) is 4.79 Å². The molecule has 0 bridgehead atoms. The van der Waals surface area contributed by atoms with E-state index in [0.29, 0.717) is 17.1 Å². The third kappa shape index (κ3) is 5.50. The molecule has 0 fully saturated rings. The number of dihydropyridines is 1. The molecule has 156 valence electrons. The van der Waals surface area contributed by atoms with Crippen LogP contribution in [0.3, 0.4) is 0 Å². The Morgan fingerprint density at radius 2 is 1.76 bits per heavy atom. The predicted octanol–water partition coefficient (Wildman–Crippen LogP) is 5.76. The van der Waals surface area contributed by atoms with Gasteiger partial charge in [0, 0.05) is 11.4 Å². The average molecular weight is 395 g/mol. The van der Waals surface area contributed by atoms with Crippen LogP contribution in [0.1, 0.15) is 71.9 Å². The standard InChI is InChI=1S/C25H34N2O2/c1-15(2)13-20-19(14-26)21(18-11-9-17(5)10-12-18)22(23(27-20)16(3)4)24(28)29-25(6,7)8/h9-12,15-16,21,27H,13H2,1-8H3. The van der Waals surface area contributed by atoms with Crippen LogP contribution in [-0.2, 0) is 9.53 Å². The number of aryl methyl sites for hydroxylation is 1. The molecule has 1 atom stereocenters. The average Bonchev–Trinajstić information content (AvgIpc) is 2.59. The number of nitriles is 1. The van der Waals surface area contributed by atoms with Gasteiger partial charge >= 0.3 is 5.97 Å². The van der Waals surface area contributed by atoms with Gasteiger partial charge in [0.15, 0.2) is 0 Å². The van der Waals surface area contributed by atoms with Crippen molar-refractivity contribution < 1.29 is 9.53 Å². The highest BCUT2D eigenvalue weighted by molar-refractivity contribution is 5.93. The number of hydrogen-bond acceptors (Lipinski definition) is 4. The lowest BCUT2D eigenvalue weighted by Crippen LogP contribution is -2.35. The van der Waals surface area contributed by atoms with Crippen LogP contribution in [0.4, 0.5) is 0 Å². The van der Waals surface area contributed by atoms with E-state index < -0.39 is 11.5 Å². The molecule has 4 nitrogen and oxygen atoms in total. The van der Waals surface area contributed by atoms with Crippen LogP contribution >= 0.6 is 0 Å². The third-order valence-corrected chi connectivity index (χ3v) is 4.82. The molecule has 0 saturated heterocycles. The second kappa shape index (κ2) is 8.86. The first-order valence-corrected chi connectivity index (χ1v) is 10.4. The van der Waals surface area contributed by atoms with Crippen LogP contribution in [-0.4, -0.2) is 11.6 Å². The van der Waals surface area contributed by atoms with Gasteiger partial charge in [-0.1, -0.05) is 57.5 Å². The Kier molecular flexibility index (Phi) is 6.95. The maximum Gasteiger partial charge on any atom is 0.337 e. The highest BCUT2D eigenvalue weighted by atomic mass is 16.6. The van der Waals surface area contributed by atoms with Gasteiger partial charge in [0.1, 0.15) is 5.60 Å². The Morgan fingerprint density at radius 1 is 1.17 bits per heavy atom. The number of nitrogens with zero attached hydrogens (tertiary/aromatic N) is 1. The van der Waals surface area contributed by atoms with Crippen LogP contribution in [0.15, 0.2) is 46.8 Å². The van der Waals surface area contributed by atoms with Crippen molar-refractivity contribution in [2.45, 2.75) is 73.3 Å². The van der Waals surface area contributed by atoms with Crippen molar-refractivity contribution in [1.29, 1.82) is 5.26 Å². The van der Waals surface area contributed by atoms with E-state index in [4.69, 9.17) is 4.74 Å². The van der Waals surface area contributed by atoms with E-state index in [9.17, 15) is 10.1 Å². The van der Waals surface area contributed by atoms with Crippen LogP contribution in [0.5, 0.6) is 0 Å². The first-order valence-electron chi connectivity index (χ1n) is 10.4. The van der Waals surface area contributed by atoms with E-state index >= 15 is 0 Å². The SMILES string of the molecule is Cc1ccc(C2C(C#N)=C(CC(C)C)NC(C(C)C)=C2C(=O)OC(C)(C)C)cc1. The normalized spacial score (nSPS) is 17.5. The Balaban J connectivity index is 2.74. The predicted molar refractivity (Wildman–Crippen MR) is 117 cm³/mol. The molecular formula is C25H34N2O2. The number of benzene rings is 1. The lowest BCUT2D eigenvalue weighted by atomic mass is 9.78. The molecule has 4 heteroatoms. The summed E-state index contributed by atoms with van der Waals surface area (Å²) in [6, 6.07) is 10.5. The van der Waals surface area contributed by atoms with Gasteiger partial charge in [0.2, 0.25) is 0 Å². The van der Waals surface area contributed by atoms with Gasteiger partial charge in [-0.2, -0.15) is 5.26 Å².